The molecule has 1 rings (SSSR count). The minimum absolute atomic E-state index is 0.0400. The predicted octanol–water partition coefficient (Wildman–Crippen LogP) is 2.34. The van der Waals surface area contributed by atoms with E-state index in [4.69, 9.17) is 4.74 Å². The fourth-order valence-electron chi connectivity index (χ4n) is 1.82. The highest BCUT2D eigenvalue weighted by atomic mass is 32.2. The van der Waals surface area contributed by atoms with Crippen LogP contribution in [-0.2, 0) is 26.1 Å². The van der Waals surface area contributed by atoms with Gasteiger partial charge in [0.1, 0.15) is 5.75 Å². The molecule has 0 fully saturated rings. The van der Waals surface area contributed by atoms with Crippen molar-refractivity contribution in [2.45, 2.75) is 30.9 Å². The van der Waals surface area contributed by atoms with E-state index in [1.54, 1.807) is 6.92 Å². The van der Waals surface area contributed by atoms with Gasteiger partial charge in [0.25, 0.3) is 0 Å². The molecule has 0 amide bonds. The maximum Gasteiger partial charge on any atom is 0.534 e. The van der Waals surface area contributed by atoms with Crippen molar-refractivity contribution in [3.8, 4) is 5.75 Å². The van der Waals surface area contributed by atoms with Gasteiger partial charge in [0, 0.05) is 13.5 Å². The molecule has 23 heavy (non-hydrogen) atoms. The van der Waals surface area contributed by atoms with Crippen LogP contribution < -0.4 is 4.18 Å². The number of halogens is 3. The lowest BCUT2D eigenvalue weighted by Gasteiger charge is -2.26. The molecule has 0 aromatic heterocycles. The van der Waals surface area contributed by atoms with E-state index in [-0.39, 0.29) is 12.8 Å². The third-order valence-electron chi connectivity index (χ3n) is 3.25. The van der Waals surface area contributed by atoms with Gasteiger partial charge >= 0.3 is 21.6 Å². The lowest BCUT2D eigenvalue weighted by Crippen LogP contribution is -2.42. The summed E-state index contributed by atoms with van der Waals surface area (Å²) in [5, 5.41) is 9.23. The Morgan fingerprint density at radius 2 is 1.74 bits per heavy atom. The topological polar surface area (TPSA) is 89.9 Å². The summed E-state index contributed by atoms with van der Waals surface area (Å²) in [7, 11) is -4.50. The number of alkyl halides is 3. The van der Waals surface area contributed by atoms with E-state index in [2.05, 4.69) is 4.18 Å². The van der Waals surface area contributed by atoms with E-state index < -0.39 is 32.9 Å². The summed E-state index contributed by atoms with van der Waals surface area (Å²) in [5.74, 6) is -1.71. The van der Waals surface area contributed by atoms with Gasteiger partial charge in [-0.2, -0.15) is 21.6 Å². The van der Waals surface area contributed by atoms with Gasteiger partial charge in [-0.15, -0.1) is 0 Å². The summed E-state index contributed by atoms with van der Waals surface area (Å²) >= 11 is 0. The van der Waals surface area contributed by atoms with Gasteiger partial charge in [-0.1, -0.05) is 19.1 Å². The predicted molar refractivity (Wildman–Crippen MR) is 73.4 cm³/mol. The van der Waals surface area contributed by atoms with E-state index in [1.807, 2.05) is 0 Å². The number of carbonyl (C=O) groups is 1. The zero-order valence-electron chi connectivity index (χ0n) is 12.3. The van der Waals surface area contributed by atoms with Gasteiger partial charge in [-0.3, -0.25) is 0 Å². The molecule has 1 N–H and O–H groups in total. The SMILES string of the molecule is CC[C@@](Cc1ccc(OS(=O)(=O)C(F)(F)F)cc1)(OC)C(=O)O. The molecule has 0 saturated carbocycles. The number of ether oxygens (including phenoxy) is 1. The van der Waals surface area contributed by atoms with Gasteiger partial charge < -0.3 is 14.0 Å². The fourth-order valence-corrected chi connectivity index (χ4v) is 2.28. The summed E-state index contributed by atoms with van der Waals surface area (Å²) in [6, 6.07) is 4.56. The van der Waals surface area contributed by atoms with Crippen molar-refractivity contribution in [3.63, 3.8) is 0 Å². The number of benzene rings is 1. The van der Waals surface area contributed by atoms with E-state index in [1.165, 1.54) is 19.2 Å². The van der Waals surface area contributed by atoms with Gasteiger partial charge in [0.15, 0.2) is 5.60 Å². The summed E-state index contributed by atoms with van der Waals surface area (Å²) in [6.07, 6.45) is 0.126. The summed E-state index contributed by atoms with van der Waals surface area (Å²) < 4.78 is 67.3. The van der Waals surface area contributed by atoms with Crippen LogP contribution in [0.15, 0.2) is 24.3 Å². The van der Waals surface area contributed by atoms with Crippen molar-refractivity contribution >= 4 is 16.1 Å². The van der Waals surface area contributed by atoms with Crippen LogP contribution >= 0.6 is 0 Å². The van der Waals surface area contributed by atoms with Crippen LogP contribution in [0.2, 0.25) is 0 Å². The highest BCUT2D eigenvalue weighted by Crippen LogP contribution is 2.28. The smallest absolute Gasteiger partial charge is 0.479 e. The van der Waals surface area contributed by atoms with Gasteiger partial charge in [-0.25, -0.2) is 4.79 Å². The van der Waals surface area contributed by atoms with Crippen LogP contribution in [-0.4, -0.2) is 37.7 Å². The zero-order valence-corrected chi connectivity index (χ0v) is 13.1. The number of hydrogen-bond donors (Lipinski definition) is 1. The highest BCUT2D eigenvalue weighted by molar-refractivity contribution is 7.87. The van der Waals surface area contributed by atoms with Crippen molar-refractivity contribution in [1.82, 2.24) is 0 Å². The van der Waals surface area contributed by atoms with Crippen molar-refractivity contribution in [3.05, 3.63) is 29.8 Å². The number of aliphatic carboxylic acids is 1. The van der Waals surface area contributed by atoms with Crippen molar-refractivity contribution < 1.29 is 40.4 Å². The van der Waals surface area contributed by atoms with Crippen LogP contribution in [0.4, 0.5) is 13.2 Å². The van der Waals surface area contributed by atoms with Crippen LogP contribution in [0.1, 0.15) is 18.9 Å². The summed E-state index contributed by atoms with van der Waals surface area (Å²) in [6.45, 7) is 1.62. The molecule has 0 saturated heterocycles. The Balaban J connectivity index is 2.96. The van der Waals surface area contributed by atoms with Crippen molar-refractivity contribution in [2.24, 2.45) is 0 Å². The molecule has 0 bridgehead atoms. The van der Waals surface area contributed by atoms with E-state index in [0.29, 0.717) is 5.56 Å². The second-order valence-electron chi connectivity index (χ2n) is 4.66. The molecule has 0 heterocycles. The van der Waals surface area contributed by atoms with Crippen LogP contribution in [0.5, 0.6) is 5.75 Å². The first kappa shape index (κ1) is 19.2. The first-order chi connectivity index (χ1) is 10.5. The molecule has 6 nitrogen and oxygen atoms in total. The Bertz CT molecular complexity index is 647. The molecule has 1 aromatic carbocycles. The average Bonchev–Trinajstić information content (AvgIpc) is 2.45. The van der Waals surface area contributed by atoms with Gasteiger partial charge in [-0.05, 0) is 24.1 Å². The Kier molecular flexibility index (Phi) is 5.65. The molecule has 0 aliphatic heterocycles. The molecular weight excluding hydrogens is 341 g/mol. The Morgan fingerprint density at radius 1 is 1.22 bits per heavy atom. The largest absolute Gasteiger partial charge is 0.534 e. The number of hydrogen-bond acceptors (Lipinski definition) is 5. The van der Waals surface area contributed by atoms with Crippen molar-refractivity contribution in [1.29, 1.82) is 0 Å². The van der Waals surface area contributed by atoms with Crippen LogP contribution in [0, 0.1) is 0 Å². The third-order valence-corrected chi connectivity index (χ3v) is 4.23. The molecule has 0 spiro atoms. The minimum atomic E-state index is -5.74. The lowest BCUT2D eigenvalue weighted by molar-refractivity contribution is -0.162. The molecule has 10 heteroatoms. The highest BCUT2D eigenvalue weighted by Gasteiger charge is 2.48. The van der Waals surface area contributed by atoms with Crippen LogP contribution in [0.25, 0.3) is 0 Å². The molecule has 1 aromatic rings. The second kappa shape index (κ2) is 6.75. The Labute approximate surface area is 130 Å². The van der Waals surface area contributed by atoms with Gasteiger partial charge in [0.05, 0.1) is 0 Å². The van der Waals surface area contributed by atoms with E-state index in [9.17, 15) is 31.5 Å². The first-order valence-electron chi connectivity index (χ1n) is 6.35. The maximum absolute atomic E-state index is 12.2. The molecule has 0 unspecified atom stereocenters. The second-order valence-corrected chi connectivity index (χ2v) is 6.20. The third kappa shape index (κ3) is 4.35. The monoisotopic (exact) mass is 356 g/mol. The minimum Gasteiger partial charge on any atom is -0.479 e. The quantitative estimate of drug-likeness (QED) is 0.596. The van der Waals surface area contributed by atoms with E-state index >= 15 is 0 Å². The fraction of sp³-hybridized carbons (Fsp3) is 0.462. The lowest BCUT2D eigenvalue weighted by atomic mass is 9.92. The standard InChI is InChI=1S/C13H15F3O6S/c1-3-12(21-2,11(17)18)8-9-4-6-10(7-5-9)22-23(19,20)13(14,15)16/h4-7H,3,8H2,1-2H3,(H,17,18)/t12-/m0/s1. The molecule has 1 atom stereocenters. The average molecular weight is 356 g/mol. The molecule has 130 valence electrons. The zero-order chi connectivity index (χ0) is 17.9. The number of carboxylic acid groups (broad SMARTS) is 1. The molecule has 0 aliphatic rings. The maximum atomic E-state index is 12.2. The first-order valence-corrected chi connectivity index (χ1v) is 7.76. The van der Waals surface area contributed by atoms with Gasteiger partial charge in [0.2, 0.25) is 0 Å². The Morgan fingerprint density at radius 3 is 2.09 bits per heavy atom. The molecule has 0 aliphatic carbocycles. The number of rotatable bonds is 7. The van der Waals surface area contributed by atoms with Crippen LogP contribution in [0.3, 0.4) is 0 Å². The Hall–Kier alpha value is -1.81. The normalized spacial score (nSPS) is 15.0. The van der Waals surface area contributed by atoms with Crippen molar-refractivity contribution in [2.75, 3.05) is 7.11 Å². The number of carboxylic acids is 1. The summed E-state index contributed by atoms with van der Waals surface area (Å²) in [5.41, 5.74) is -6.56. The summed E-state index contributed by atoms with van der Waals surface area (Å²) in [4.78, 5) is 11.3. The van der Waals surface area contributed by atoms with E-state index in [0.717, 1.165) is 12.1 Å². The number of methoxy groups -OCH3 is 1. The molecule has 0 radical (unpaired) electrons. The molecular formula is C13H15F3O6S.